The van der Waals surface area contributed by atoms with Gasteiger partial charge in [0.15, 0.2) is 11.5 Å². The summed E-state index contributed by atoms with van der Waals surface area (Å²) in [7, 11) is 1.60. The van der Waals surface area contributed by atoms with Crippen LogP contribution in [0.2, 0.25) is 0 Å². The number of nitrogen functional groups attached to an aromatic ring is 1. The molecule has 1 aromatic carbocycles. The maximum absolute atomic E-state index is 5.76. The van der Waals surface area contributed by atoms with Gasteiger partial charge in [-0.1, -0.05) is 9.89 Å². The Hall–Kier alpha value is -1.91. The summed E-state index contributed by atoms with van der Waals surface area (Å²) < 4.78 is 12.0. The molecule has 0 spiro atoms. The highest BCUT2D eigenvalue weighted by molar-refractivity contribution is 14.1. The van der Waals surface area contributed by atoms with Crippen molar-refractivity contribution < 1.29 is 9.47 Å². The fraction of sp³-hybridized carbons (Fsp3) is 0.333. The van der Waals surface area contributed by atoms with E-state index in [9.17, 15) is 0 Å². The van der Waals surface area contributed by atoms with Gasteiger partial charge >= 0.3 is 0 Å². The number of nitrogens with two attached hydrogens (primary N) is 1. The highest BCUT2D eigenvalue weighted by Gasteiger charge is 2.12. The van der Waals surface area contributed by atoms with Crippen molar-refractivity contribution in [2.75, 3.05) is 12.8 Å². The molecule has 0 fully saturated rings. The van der Waals surface area contributed by atoms with Crippen molar-refractivity contribution in [3.8, 4) is 11.5 Å². The van der Waals surface area contributed by atoms with Gasteiger partial charge in [-0.3, -0.25) is 0 Å². The van der Waals surface area contributed by atoms with E-state index in [0.29, 0.717) is 11.5 Å². The Balaban J connectivity index is 2.32. The lowest BCUT2D eigenvalue weighted by Gasteiger charge is -2.15. The van der Waals surface area contributed by atoms with Gasteiger partial charge in [0.1, 0.15) is 0 Å². The quantitative estimate of drug-likeness (QED) is 0.602. The van der Waals surface area contributed by atoms with Crippen molar-refractivity contribution in [2.45, 2.75) is 20.0 Å². The van der Waals surface area contributed by atoms with Crippen molar-refractivity contribution in [1.29, 1.82) is 0 Å². The molecule has 112 valence electrons. The van der Waals surface area contributed by atoms with Crippen LogP contribution in [-0.4, -0.2) is 39.7 Å². The number of hydrogen-bond acceptors (Lipinski definition) is 7. The van der Waals surface area contributed by atoms with E-state index in [1.54, 1.807) is 13.3 Å². The van der Waals surface area contributed by atoms with Crippen molar-refractivity contribution in [2.24, 2.45) is 5.10 Å². The summed E-state index contributed by atoms with van der Waals surface area (Å²) >= 11 is 2.19. The maximum Gasteiger partial charge on any atom is 0.263 e. The highest BCUT2D eigenvalue weighted by Crippen LogP contribution is 2.34. The second kappa shape index (κ2) is 6.70. The molecule has 0 aliphatic carbocycles. The Morgan fingerprint density at radius 3 is 2.76 bits per heavy atom. The zero-order chi connectivity index (χ0) is 15.4. The summed E-state index contributed by atoms with van der Waals surface area (Å²) in [5.41, 5.74) is 6.36. The second-order valence-corrected chi connectivity index (χ2v) is 5.53. The van der Waals surface area contributed by atoms with E-state index >= 15 is 0 Å². The van der Waals surface area contributed by atoms with E-state index in [2.05, 4.69) is 43.2 Å². The molecular formula is C12H15IN6O2. The maximum atomic E-state index is 5.76. The van der Waals surface area contributed by atoms with E-state index < -0.39 is 0 Å². The molecule has 0 aliphatic rings. The molecule has 2 rings (SSSR count). The van der Waals surface area contributed by atoms with Crippen LogP contribution < -0.4 is 15.2 Å². The Bertz CT molecular complexity index is 655. The van der Waals surface area contributed by atoms with Gasteiger partial charge in [0.2, 0.25) is 0 Å². The molecule has 1 heterocycles. The molecule has 9 heteroatoms. The van der Waals surface area contributed by atoms with Gasteiger partial charge in [-0.25, -0.2) is 0 Å². The summed E-state index contributed by atoms with van der Waals surface area (Å²) in [6, 6.07) is 3.74. The minimum atomic E-state index is 0.0629. The minimum Gasteiger partial charge on any atom is -0.493 e. The molecule has 21 heavy (non-hydrogen) atoms. The molecule has 0 atom stereocenters. The number of halogens is 1. The number of hydrogen-bond donors (Lipinski definition) is 1. The predicted octanol–water partition coefficient (Wildman–Crippen LogP) is 1.54. The minimum absolute atomic E-state index is 0.0629. The average molecular weight is 402 g/mol. The number of benzene rings is 1. The Morgan fingerprint density at radius 2 is 2.19 bits per heavy atom. The molecule has 0 amide bonds. The predicted molar refractivity (Wildman–Crippen MR) is 86.7 cm³/mol. The van der Waals surface area contributed by atoms with Gasteiger partial charge in [0.25, 0.3) is 5.95 Å². The van der Waals surface area contributed by atoms with Crippen LogP contribution in [0.1, 0.15) is 19.4 Å². The monoisotopic (exact) mass is 402 g/mol. The van der Waals surface area contributed by atoms with Gasteiger partial charge in [-0.05, 0) is 64.6 Å². The molecule has 2 N–H and O–H groups in total. The lowest BCUT2D eigenvalue weighted by molar-refractivity contribution is 0.228. The average Bonchev–Trinajstić information content (AvgIpc) is 2.84. The first-order valence-electron chi connectivity index (χ1n) is 6.13. The number of aromatic nitrogens is 4. The molecule has 0 saturated heterocycles. The van der Waals surface area contributed by atoms with Crippen molar-refractivity contribution in [1.82, 2.24) is 20.3 Å². The summed E-state index contributed by atoms with van der Waals surface area (Å²) in [6.07, 6.45) is 1.66. The number of tetrazole rings is 1. The molecular weight excluding hydrogens is 387 g/mol. The standard InChI is InChI=1S/C12H15IN6O2/c1-7(2)21-11-9(13)4-8(5-10(11)20-3)6-15-19-12(14)16-17-18-19/h4-7H,1-3H3,(H2,14,16,18)/b15-6-. The van der Waals surface area contributed by atoms with Gasteiger partial charge in [-0.2, -0.15) is 5.10 Å². The Labute approximate surface area is 135 Å². The van der Waals surface area contributed by atoms with Crippen molar-refractivity contribution in [3.63, 3.8) is 0 Å². The molecule has 0 bridgehead atoms. The summed E-state index contributed by atoms with van der Waals surface area (Å²) in [6.45, 7) is 3.93. The highest BCUT2D eigenvalue weighted by atomic mass is 127. The third-order valence-corrected chi connectivity index (χ3v) is 3.20. The molecule has 2 aromatic rings. The summed E-state index contributed by atoms with van der Waals surface area (Å²) in [4.78, 5) is 1.14. The fourth-order valence-corrected chi connectivity index (χ4v) is 2.31. The van der Waals surface area contributed by atoms with Crippen LogP contribution in [0.3, 0.4) is 0 Å². The van der Waals surface area contributed by atoms with Gasteiger partial charge in [0.05, 0.1) is 23.0 Å². The molecule has 0 radical (unpaired) electrons. The number of nitrogens with zero attached hydrogens (tertiary/aromatic N) is 5. The van der Waals surface area contributed by atoms with Gasteiger partial charge < -0.3 is 15.2 Å². The molecule has 0 saturated carbocycles. The van der Waals surface area contributed by atoms with Crippen LogP contribution in [-0.2, 0) is 0 Å². The lowest BCUT2D eigenvalue weighted by atomic mass is 10.2. The van der Waals surface area contributed by atoms with Crippen LogP contribution in [0, 0.1) is 3.57 Å². The Kier molecular flexibility index (Phi) is 4.94. The SMILES string of the molecule is COc1cc(/C=N\n2nnnc2N)cc(I)c1OC(C)C. The lowest BCUT2D eigenvalue weighted by Crippen LogP contribution is -2.08. The van der Waals surface area contributed by atoms with E-state index in [4.69, 9.17) is 15.2 Å². The molecule has 1 aromatic heterocycles. The first kappa shape index (κ1) is 15.5. The summed E-state index contributed by atoms with van der Waals surface area (Å²) in [5.74, 6) is 1.47. The topological polar surface area (TPSA) is 100 Å². The summed E-state index contributed by atoms with van der Waals surface area (Å²) in [5, 5.41) is 14.7. The second-order valence-electron chi connectivity index (χ2n) is 4.37. The van der Waals surface area contributed by atoms with Crippen LogP contribution in [0.15, 0.2) is 17.2 Å². The number of ether oxygens (including phenoxy) is 2. The number of anilines is 1. The van der Waals surface area contributed by atoms with Crippen molar-refractivity contribution in [3.05, 3.63) is 21.3 Å². The first-order chi connectivity index (χ1) is 10.0. The zero-order valence-electron chi connectivity index (χ0n) is 11.8. The van der Waals surface area contributed by atoms with Crippen LogP contribution in [0.25, 0.3) is 0 Å². The van der Waals surface area contributed by atoms with E-state index in [1.165, 1.54) is 0 Å². The normalized spacial score (nSPS) is 11.3. The van der Waals surface area contributed by atoms with Crippen LogP contribution in [0.5, 0.6) is 11.5 Å². The molecule has 0 aliphatic heterocycles. The smallest absolute Gasteiger partial charge is 0.263 e. The van der Waals surface area contributed by atoms with Crippen LogP contribution >= 0.6 is 22.6 Å². The zero-order valence-corrected chi connectivity index (χ0v) is 14.0. The number of methoxy groups -OCH3 is 1. The fourth-order valence-electron chi connectivity index (χ4n) is 1.56. The van der Waals surface area contributed by atoms with E-state index in [-0.39, 0.29) is 12.1 Å². The van der Waals surface area contributed by atoms with Gasteiger partial charge in [-0.15, -0.1) is 0 Å². The largest absolute Gasteiger partial charge is 0.493 e. The Morgan fingerprint density at radius 1 is 1.43 bits per heavy atom. The molecule has 8 nitrogen and oxygen atoms in total. The molecule has 0 unspecified atom stereocenters. The van der Waals surface area contributed by atoms with Gasteiger partial charge in [0, 0.05) is 0 Å². The third kappa shape index (κ3) is 3.80. The number of rotatable bonds is 5. The van der Waals surface area contributed by atoms with Crippen molar-refractivity contribution >= 4 is 34.8 Å². The first-order valence-corrected chi connectivity index (χ1v) is 7.21. The third-order valence-electron chi connectivity index (χ3n) is 2.40. The van der Waals surface area contributed by atoms with Crippen LogP contribution in [0.4, 0.5) is 5.95 Å². The van der Waals surface area contributed by atoms with E-state index in [0.717, 1.165) is 13.9 Å². The van der Waals surface area contributed by atoms with E-state index in [1.807, 2.05) is 26.0 Å².